The molecule has 1 atom stereocenters. The van der Waals surface area contributed by atoms with Crippen molar-refractivity contribution in [3.63, 3.8) is 0 Å². The first kappa shape index (κ1) is 18.2. The number of imidazole rings is 1. The average molecular weight is 358 g/mol. The van der Waals surface area contributed by atoms with Crippen LogP contribution in [0, 0.1) is 5.92 Å². The van der Waals surface area contributed by atoms with Gasteiger partial charge in [-0.25, -0.2) is 9.80 Å². The second-order valence-corrected chi connectivity index (χ2v) is 7.22. The molecule has 2 aromatic rings. The van der Waals surface area contributed by atoms with Gasteiger partial charge in [0.15, 0.2) is 11.2 Å². The van der Waals surface area contributed by atoms with Gasteiger partial charge in [-0.2, -0.15) is 10.1 Å². The summed E-state index contributed by atoms with van der Waals surface area (Å²) in [5.74, 6) is 1.14. The number of nitrogens with zero attached hydrogens (tertiary/aromatic N) is 6. The Morgan fingerprint density at radius 3 is 2.62 bits per heavy atom. The number of rotatable bonds is 5. The molecule has 3 heterocycles. The van der Waals surface area contributed by atoms with Gasteiger partial charge in [0.2, 0.25) is 5.95 Å². The Morgan fingerprint density at radius 1 is 1.31 bits per heavy atom. The molecule has 0 spiro atoms. The maximum atomic E-state index is 13.0. The van der Waals surface area contributed by atoms with Crippen molar-refractivity contribution in [2.24, 2.45) is 18.1 Å². The third kappa shape index (κ3) is 2.69. The van der Waals surface area contributed by atoms with E-state index in [2.05, 4.69) is 30.5 Å². The molecule has 0 aromatic carbocycles. The Morgan fingerprint density at radius 2 is 2.00 bits per heavy atom. The maximum absolute atomic E-state index is 13.0. The molecule has 0 radical (unpaired) electrons. The summed E-state index contributed by atoms with van der Waals surface area (Å²) < 4.78 is 4.52. The number of allylic oxidation sites excluding steroid dienone is 1. The first-order chi connectivity index (χ1) is 12.3. The van der Waals surface area contributed by atoms with Gasteiger partial charge in [0, 0.05) is 20.1 Å². The van der Waals surface area contributed by atoms with E-state index in [0.717, 1.165) is 12.1 Å². The lowest BCUT2D eigenvalue weighted by atomic mass is 10.1. The van der Waals surface area contributed by atoms with Gasteiger partial charge in [0.05, 0.1) is 11.8 Å². The van der Waals surface area contributed by atoms with Crippen LogP contribution in [-0.4, -0.2) is 30.9 Å². The van der Waals surface area contributed by atoms with E-state index in [4.69, 9.17) is 0 Å². The molecule has 0 aliphatic carbocycles. The quantitative estimate of drug-likeness (QED) is 0.765. The van der Waals surface area contributed by atoms with Crippen molar-refractivity contribution in [1.82, 2.24) is 18.7 Å². The summed E-state index contributed by atoms with van der Waals surface area (Å²) in [4.78, 5) is 30.2. The molecule has 0 fully saturated rings. The van der Waals surface area contributed by atoms with Gasteiger partial charge in [-0.05, 0) is 26.2 Å². The van der Waals surface area contributed by atoms with E-state index in [-0.39, 0.29) is 18.1 Å². The minimum atomic E-state index is -0.392. The van der Waals surface area contributed by atoms with Gasteiger partial charge in [-0.3, -0.25) is 18.5 Å². The van der Waals surface area contributed by atoms with Crippen LogP contribution in [0.25, 0.3) is 11.2 Å². The Balaban J connectivity index is 2.31. The SMILES string of the molecule is C=CCn1c(=O)c2c(nc3n2[C@@H](C)C(C)=NN3CCC(C)C)n(C)c1=O. The second kappa shape index (κ2) is 6.59. The van der Waals surface area contributed by atoms with Crippen LogP contribution < -0.4 is 16.3 Å². The minimum Gasteiger partial charge on any atom is -0.294 e. The molecule has 0 saturated carbocycles. The Kier molecular flexibility index (Phi) is 4.60. The smallest absolute Gasteiger partial charge is 0.294 e. The highest BCUT2D eigenvalue weighted by molar-refractivity contribution is 5.91. The fourth-order valence-corrected chi connectivity index (χ4v) is 3.20. The van der Waals surface area contributed by atoms with Crippen molar-refractivity contribution in [2.45, 2.75) is 46.7 Å². The zero-order valence-electron chi connectivity index (χ0n) is 16.1. The van der Waals surface area contributed by atoms with E-state index in [1.54, 1.807) is 13.1 Å². The summed E-state index contributed by atoms with van der Waals surface area (Å²) in [6, 6.07) is -0.104. The van der Waals surface area contributed by atoms with Crippen molar-refractivity contribution in [1.29, 1.82) is 0 Å². The van der Waals surface area contributed by atoms with Crippen LogP contribution in [0.1, 0.15) is 40.2 Å². The lowest BCUT2D eigenvalue weighted by Gasteiger charge is -2.29. The molecular weight excluding hydrogens is 332 g/mol. The summed E-state index contributed by atoms with van der Waals surface area (Å²) in [6.45, 7) is 12.8. The number of anilines is 1. The highest BCUT2D eigenvalue weighted by atomic mass is 16.2. The molecule has 8 nitrogen and oxygen atoms in total. The lowest BCUT2D eigenvalue weighted by molar-refractivity contribution is 0.554. The zero-order valence-corrected chi connectivity index (χ0v) is 16.1. The summed E-state index contributed by atoms with van der Waals surface area (Å²) >= 11 is 0. The topological polar surface area (TPSA) is 77.4 Å². The number of hydrogen-bond donors (Lipinski definition) is 0. The summed E-state index contributed by atoms with van der Waals surface area (Å²) in [5.41, 5.74) is 0.995. The van der Waals surface area contributed by atoms with E-state index in [0.29, 0.717) is 29.6 Å². The molecule has 1 aliphatic rings. The first-order valence-corrected chi connectivity index (χ1v) is 8.93. The van der Waals surface area contributed by atoms with Gasteiger partial charge in [0.1, 0.15) is 0 Å². The lowest BCUT2D eigenvalue weighted by Crippen LogP contribution is -2.40. The molecule has 26 heavy (non-hydrogen) atoms. The maximum Gasteiger partial charge on any atom is 0.332 e. The molecule has 0 unspecified atom stereocenters. The monoisotopic (exact) mass is 358 g/mol. The van der Waals surface area contributed by atoms with Crippen LogP contribution in [0.4, 0.5) is 5.95 Å². The average Bonchev–Trinajstić information content (AvgIpc) is 3.00. The summed E-state index contributed by atoms with van der Waals surface area (Å²) in [5, 5.41) is 6.51. The minimum absolute atomic E-state index is 0.104. The Hall–Kier alpha value is -2.64. The van der Waals surface area contributed by atoms with E-state index >= 15 is 0 Å². The van der Waals surface area contributed by atoms with Crippen LogP contribution in [0.2, 0.25) is 0 Å². The Labute approximate surface area is 152 Å². The number of hydrazone groups is 1. The molecule has 0 bridgehead atoms. The molecule has 3 rings (SSSR count). The first-order valence-electron chi connectivity index (χ1n) is 8.93. The fraction of sp³-hybridized carbons (Fsp3) is 0.556. The molecule has 0 saturated heterocycles. The van der Waals surface area contributed by atoms with Crippen molar-refractivity contribution >= 4 is 22.8 Å². The molecule has 2 aromatic heterocycles. The Bertz CT molecular complexity index is 1010. The van der Waals surface area contributed by atoms with Gasteiger partial charge in [-0.15, -0.1) is 6.58 Å². The predicted molar refractivity (Wildman–Crippen MR) is 104 cm³/mol. The third-order valence-corrected chi connectivity index (χ3v) is 4.89. The number of aryl methyl sites for hydroxylation is 1. The zero-order chi connectivity index (χ0) is 19.2. The van der Waals surface area contributed by atoms with Crippen LogP contribution in [0.3, 0.4) is 0 Å². The highest BCUT2D eigenvalue weighted by Gasteiger charge is 2.30. The predicted octanol–water partition coefficient (Wildman–Crippen LogP) is 1.89. The van der Waals surface area contributed by atoms with Gasteiger partial charge in [0.25, 0.3) is 5.56 Å². The largest absolute Gasteiger partial charge is 0.332 e. The van der Waals surface area contributed by atoms with Crippen molar-refractivity contribution < 1.29 is 0 Å². The molecule has 8 heteroatoms. The molecule has 0 N–H and O–H groups in total. The van der Waals surface area contributed by atoms with Gasteiger partial charge < -0.3 is 0 Å². The van der Waals surface area contributed by atoms with E-state index < -0.39 is 5.69 Å². The molecule has 1 aliphatic heterocycles. The van der Waals surface area contributed by atoms with E-state index in [1.165, 1.54) is 9.13 Å². The number of fused-ring (bicyclic) bond motifs is 3. The van der Waals surface area contributed by atoms with Crippen LogP contribution in [0.5, 0.6) is 0 Å². The second-order valence-electron chi connectivity index (χ2n) is 7.22. The standard InChI is InChI=1S/C18H26N6O2/c1-7-9-22-16(25)14-15(21(6)18(22)26)19-17-23(10-8-11(2)3)20-12(4)13(5)24(14)17/h7,11,13H,1,8-10H2,2-6H3/t13-/m0/s1. The highest BCUT2D eigenvalue weighted by Crippen LogP contribution is 2.30. The van der Waals surface area contributed by atoms with Crippen molar-refractivity contribution in [2.75, 3.05) is 11.6 Å². The van der Waals surface area contributed by atoms with E-state index in [9.17, 15) is 9.59 Å². The van der Waals surface area contributed by atoms with Gasteiger partial charge >= 0.3 is 5.69 Å². The van der Waals surface area contributed by atoms with Gasteiger partial charge in [-0.1, -0.05) is 19.9 Å². The summed E-state index contributed by atoms with van der Waals surface area (Å²) in [7, 11) is 1.64. The third-order valence-electron chi connectivity index (χ3n) is 4.89. The molecular formula is C18H26N6O2. The number of aromatic nitrogens is 4. The number of hydrogen-bond acceptors (Lipinski definition) is 5. The van der Waals surface area contributed by atoms with E-state index in [1.807, 2.05) is 23.4 Å². The van der Waals surface area contributed by atoms with Crippen molar-refractivity contribution in [3.05, 3.63) is 33.5 Å². The normalized spacial score (nSPS) is 16.9. The summed E-state index contributed by atoms with van der Waals surface area (Å²) in [6.07, 6.45) is 2.50. The van der Waals surface area contributed by atoms with Crippen molar-refractivity contribution in [3.8, 4) is 0 Å². The van der Waals surface area contributed by atoms with Crippen LogP contribution in [-0.2, 0) is 13.6 Å². The fourth-order valence-electron chi connectivity index (χ4n) is 3.20. The molecule has 140 valence electrons. The van der Waals surface area contributed by atoms with Crippen LogP contribution in [0.15, 0.2) is 27.3 Å². The van der Waals surface area contributed by atoms with Crippen LogP contribution >= 0.6 is 0 Å². The molecule has 0 amide bonds.